The van der Waals surface area contributed by atoms with Gasteiger partial charge < -0.3 is 14.6 Å². The molecule has 8 heteroatoms. The van der Waals surface area contributed by atoms with E-state index >= 15 is 0 Å². The molecule has 0 spiro atoms. The molecule has 0 saturated carbocycles. The summed E-state index contributed by atoms with van der Waals surface area (Å²) >= 11 is 0. The summed E-state index contributed by atoms with van der Waals surface area (Å²) in [7, 11) is -3.73. The van der Waals surface area contributed by atoms with Crippen LogP contribution in [-0.2, 0) is 14.8 Å². The number of carbonyl (C=O) groups is 1. The number of hydrogen-bond acceptors (Lipinski definition) is 5. The van der Waals surface area contributed by atoms with Gasteiger partial charge in [0, 0.05) is 13.0 Å². The number of rotatable bonds is 6. The van der Waals surface area contributed by atoms with E-state index in [4.69, 9.17) is 14.6 Å². The summed E-state index contributed by atoms with van der Waals surface area (Å²) in [4.78, 5) is 10.3. The Balaban J connectivity index is 2.08. The van der Waals surface area contributed by atoms with Crippen LogP contribution in [0.4, 0.5) is 0 Å². The first-order valence-electron chi connectivity index (χ1n) is 5.61. The number of fused-ring (bicyclic) bond motifs is 1. The average Bonchev–Trinajstić information content (AvgIpc) is 2.82. The van der Waals surface area contributed by atoms with Crippen molar-refractivity contribution in [3.63, 3.8) is 0 Å². The molecular formula is C11H13NO6S. The Labute approximate surface area is 110 Å². The second kappa shape index (κ2) is 5.45. The highest BCUT2D eigenvalue weighted by Gasteiger charge is 2.25. The highest BCUT2D eigenvalue weighted by Crippen LogP contribution is 2.37. The monoisotopic (exact) mass is 287 g/mol. The van der Waals surface area contributed by atoms with Gasteiger partial charge >= 0.3 is 5.97 Å². The maximum Gasteiger partial charge on any atom is 0.303 e. The number of carboxylic acid groups (broad SMARTS) is 1. The quantitative estimate of drug-likeness (QED) is 0.741. The fourth-order valence-electron chi connectivity index (χ4n) is 1.64. The highest BCUT2D eigenvalue weighted by molar-refractivity contribution is 7.89. The van der Waals surface area contributed by atoms with Gasteiger partial charge in [0.1, 0.15) is 4.90 Å². The van der Waals surface area contributed by atoms with Crippen LogP contribution >= 0.6 is 0 Å². The molecule has 0 amide bonds. The molecule has 1 heterocycles. The minimum Gasteiger partial charge on any atom is -0.481 e. The lowest BCUT2D eigenvalue weighted by Crippen LogP contribution is -2.25. The topological polar surface area (TPSA) is 102 Å². The lowest BCUT2D eigenvalue weighted by Gasteiger charge is -2.08. The van der Waals surface area contributed by atoms with Gasteiger partial charge in [0.15, 0.2) is 11.5 Å². The molecule has 2 rings (SSSR count). The molecule has 19 heavy (non-hydrogen) atoms. The molecule has 1 aliphatic heterocycles. The van der Waals surface area contributed by atoms with E-state index in [0.29, 0.717) is 5.75 Å². The Morgan fingerprint density at radius 3 is 2.89 bits per heavy atom. The summed E-state index contributed by atoms with van der Waals surface area (Å²) in [5.74, 6) is -0.391. The van der Waals surface area contributed by atoms with Crippen LogP contribution in [0.15, 0.2) is 23.1 Å². The van der Waals surface area contributed by atoms with E-state index in [-0.39, 0.29) is 36.8 Å². The van der Waals surface area contributed by atoms with Crippen molar-refractivity contribution >= 4 is 16.0 Å². The third kappa shape index (κ3) is 3.15. The molecule has 0 aromatic heterocycles. The van der Waals surface area contributed by atoms with E-state index in [0.717, 1.165) is 0 Å². The van der Waals surface area contributed by atoms with Gasteiger partial charge in [-0.25, -0.2) is 13.1 Å². The van der Waals surface area contributed by atoms with Crippen LogP contribution in [0.5, 0.6) is 11.5 Å². The number of hydrogen-bond donors (Lipinski definition) is 2. The maximum absolute atomic E-state index is 12.0. The number of ether oxygens (including phenoxy) is 2. The van der Waals surface area contributed by atoms with Gasteiger partial charge in [-0.2, -0.15) is 0 Å². The summed E-state index contributed by atoms with van der Waals surface area (Å²) < 4.78 is 36.6. The van der Waals surface area contributed by atoms with Gasteiger partial charge in [0.05, 0.1) is 0 Å². The van der Waals surface area contributed by atoms with Crippen LogP contribution in [0.3, 0.4) is 0 Å². The standard InChI is InChI=1S/C11H13NO6S/c13-10(14)5-2-6-12-19(15,16)9-4-1-3-8-11(9)18-7-17-8/h1,3-4,12H,2,5-7H2,(H,13,14). The largest absolute Gasteiger partial charge is 0.481 e. The van der Waals surface area contributed by atoms with Gasteiger partial charge in [-0.15, -0.1) is 0 Å². The van der Waals surface area contributed by atoms with E-state index in [1.165, 1.54) is 6.07 Å². The van der Waals surface area contributed by atoms with E-state index in [1.54, 1.807) is 12.1 Å². The minimum absolute atomic E-state index is 0.00201. The van der Waals surface area contributed by atoms with Crippen LogP contribution in [0.25, 0.3) is 0 Å². The van der Waals surface area contributed by atoms with Gasteiger partial charge in [-0.05, 0) is 18.6 Å². The predicted molar refractivity (Wildman–Crippen MR) is 64.6 cm³/mol. The van der Waals surface area contributed by atoms with Crippen LogP contribution in [0.1, 0.15) is 12.8 Å². The molecule has 0 aliphatic carbocycles. The van der Waals surface area contributed by atoms with Crippen LogP contribution in [-0.4, -0.2) is 32.8 Å². The molecule has 7 nitrogen and oxygen atoms in total. The van der Waals surface area contributed by atoms with Crippen molar-refractivity contribution in [3.05, 3.63) is 18.2 Å². The lowest BCUT2D eigenvalue weighted by atomic mass is 10.3. The number of benzene rings is 1. The van der Waals surface area contributed by atoms with Crippen molar-refractivity contribution in [3.8, 4) is 11.5 Å². The van der Waals surface area contributed by atoms with Crippen molar-refractivity contribution in [2.45, 2.75) is 17.7 Å². The molecule has 0 radical (unpaired) electrons. The first-order valence-corrected chi connectivity index (χ1v) is 7.09. The van der Waals surface area contributed by atoms with Crippen molar-refractivity contribution < 1.29 is 27.8 Å². The van der Waals surface area contributed by atoms with E-state index in [2.05, 4.69) is 4.72 Å². The van der Waals surface area contributed by atoms with Crippen LogP contribution < -0.4 is 14.2 Å². The summed E-state index contributed by atoms with van der Waals surface area (Å²) in [6.45, 7) is 0.0417. The molecule has 104 valence electrons. The Morgan fingerprint density at radius 2 is 2.16 bits per heavy atom. The third-order valence-electron chi connectivity index (χ3n) is 2.51. The Bertz CT molecular complexity index is 583. The fourth-order valence-corrected chi connectivity index (χ4v) is 2.87. The zero-order valence-corrected chi connectivity index (χ0v) is 10.8. The second-order valence-electron chi connectivity index (χ2n) is 3.89. The molecule has 1 aromatic carbocycles. The smallest absolute Gasteiger partial charge is 0.303 e. The summed E-state index contributed by atoms with van der Waals surface area (Å²) in [6, 6.07) is 4.58. The zero-order chi connectivity index (χ0) is 13.9. The number of nitrogens with one attached hydrogen (secondary N) is 1. The van der Waals surface area contributed by atoms with Crippen molar-refractivity contribution in [1.29, 1.82) is 0 Å². The molecule has 0 atom stereocenters. The molecule has 0 unspecified atom stereocenters. The third-order valence-corrected chi connectivity index (χ3v) is 3.99. The van der Waals surface area contributed by atoms with Crippen molar-refractivity contribution in [2.24, 2.45) is 0 Å². The van der Waals surface area contributed by atoms with Gasteiger partial charge in [0.2, 0.25) is 16.8 Å². The zero-order valence-electron chi connectivity index (χ0n) is 9.96. The van der Waals surface area contributed by atoms with Gasteiger partial charge in [-0.1, -0.05) is 6.07 Å². The minimum atomic E-state index is -3.73. The van der Waals surface area contributed by atoms with Gasteiger partial charge in [-0.3, -0.25) is 4.79 Å². The normalized spacial score (nSPS) is 13.5. The fraction of sp³-hybridized carbons (Fsp3) is 0.364. The molecular weight excluding hydrogens is 274 g/mol. The molecule has 1 aliphatic rings. The SMILES string of the molecule is O=C(O)CCCNS(=O)(=O)c1cccc2c1OCO2. The first kappa shape index (κ1) is 13.6. The van der Waals surface area contributed by atoms with Crippen molar-refractivity contribution in [1.82, 2.24) is 4.72 Å². The molecule has 2 N–H and O–H groups in total. The van der Waals surface area contributed by atoms with Crippen molar-refractivity contribution in [2.75, 3.05) is 13.3 Å². The maximum atomic E-state index is 12.0. The Kier molecular flexibility index (Phi) is 3.91. The average molecular weight is 287 g/mol. The van der Waals surface area contributed by atoms with E-state index in [9.17, 15) is 13.2 Å². The van der Waals surface area contributed by atoms with E-state index < -0.39 is 16.0 Å². The van der Waals surface area contributed by atoms with Gasteiger partial charge in [0.25, 0.3) is 0 Å². The van der Waals surface area contributed by atoms with E-state index in [1.807, 2.05) is 0 Å². The number of aliphatic carboxylic acids is 1. The lowest BCUT2D eigenvalue weighted by molar-refractivity contribution is -0.137. The highest BCUT2D eigenvalue weighted by atomic mass is 32.2. The summed E-state index contributed by atoms with van der Waals surface area (Å²) in [5.41, 5.74) is 0. The molecule has 1 aromatic rings. The Hall–Kier alpha value is -1.80. The second-order valence-corrected chi connectivity index (χ2v) is 5.62. The predicted octanol–water partition coefficient (Wildman–Crippen LogP) is 0.558. The molecule has 0 saturated heterocycles. The first-order chi connectivity index (χ1) is 9.00. The Morgan fingerprint density at radius 1 is 1.37 bits per heavy atom. The number of sulfonamides is 1. The molecule has 0 fully saturated rings. The number of carboxylic acids is 1. The number of para-hydroxylation sites is 1. The summed E-state index contributed by atoms with van der Waals surface area (Å²) in [6.07, 6.45) is 0.135. The van der Waals surface area contributed by atoms with Crippen LogP contribution in [0.2, 0.25) is 0 Å². The summed E-state index contributed by atoms with van der Waals surface area (Å²) in [5, 5.41) is 8.47. The molecule has 0 bridgehead atoms. The van der Waals surface area contributed by atoms with Crippen LogP contribution in [0, 0.1) is 0 Å².